The van der Waals surface area contributed by atoms with Crippen molar-refractivity contribution in [2.24, 2.45) is 0 Å². The zero-order valence-corrected chi connectivity index (χ0v) is 11.1. The van der Waals surface area contributed by atoms with E-state index in [2.05, 4.69) is 29.0 Å². The van der Waals surface area contributed by atoms with E-state index >= 15 is 0 Å². The molecule has 2 N–H and O–H groups in total. The van der Waals surface area contributed by atoms with Crippen molar-refractivity contribution in [3.8, 4) is 0 Å². The van der Waals surface area contributed by atoms with Gasteiger partial charge in [-0.3, -0.25) is 0 Å². The molecule has 0 unspecified atom stereocenters. The maximum atomic E-state index is 13.7. The molecule has 1 fully saturated rings. The average molecular weight is 253 g/mol. The Hall–Kier alpha value is -1.43. The number of anilines is 2. The van der Waals surface area contributed by atoms with Gasteiger partial charge in [0.25, 0.3) is 0 Å². The van der Waals surface area contributed by atoms with Crippen LogP contribution in [0.15, 0.2) is 6.20 Å². The highest BCUT2D eigenvalue weighted by Crippen LogP contribution is 2.37. The largest absolute Gasteiger partial charge is 0.368 e. The number of hydrogen-bond donors (Lipinski definition) is 1. The van der Waals surface area contributed by atoms with E-state index in [1.54, 1.807) is 0 Å². The Labute approximate surface area is 107 Å². The molecule has 0 aromatic carbocycles. The summed E-state index contributed by atoms with van der Waals surface area (Å²) in [5, 5.41) is 0. The summed E-state index contributed by atoms with van der Waals surface area (Å²) in [4.78, 5) is 11.7. The molecule has 1 aliphatic carbocycles. The third-order valence-corrected chi connectivity index (χ3v) is 3.87. The standard InChI is InChI=1S/C12H20FN5/c1-17(2)12(5-4-6-12)8-18(3)10-9(13)7-15-11(14)16-10/h7H,4-6,8H2,1-3H3,(H2,14,15,16). The summed E-state index contributed by atoms with van der Waals surface area (Å²) in [6.07, 6.45) is 4.61. The molecule has 2 rings (SSSR count). The van der Waals surface area contributed by atoms with Crippen LogP contribution in [-0.2, 0) is 0 Å². The van der Waals surface area contributed by atoms with Crippen LogP contribution in [0.1, 0.15) is 19.3 Å². The van der Waals surface area contributed by atoms with E-state index in [0.717, 1.165) is 25.6 Å². The highest BCUT2D eigenvalue weighted by molar-refractivity contribution is 5.42. The molecule has 1 aromatic heterocycles. The van der Waals surface area contributed by atoms with Gasteiger partial charge in [0, 0.05) is 19.1 Å². The second kappa shape index (κ2) is 4.68. The van der Waals surface area contributed by atoms with Crippen molar-refractivity contribution in [1.29, 1.82) is 0 Å². The molecule has 0 bridgehead atoms. The van der Waals surface area contributed by atoms with Crippen molar-refractivity contribution >= 4 is 11.8 Å². The van der Waals surface area contributed by atoms with Crippen LogP contribution in [0, 0.1) is 5.82 Å². The van der Waals surface area contributed by atoms with Crippen LogP contribution in [0.25, 0.3) is 0 Å². The van der Waals surface area contributed by atoms with Crippen molar-refractivity contribution in [3.63, 3.8) is 0 Å². The molecule has 0 saturated heterocycles. The SMILES string of the molecule is CN(CC1(N(C)C)CCC1)c1nc(N)ncc1F. The van der Waals surface area contributed by atoms with Crippen molar-refractivity contribution in [2.45, 2.75) is 24.8 Å². The van der Waals surface area contributed by atoms with Crippen molar-refractivity contribution in [3.05, 3.63) is 12.0 Å². The summed E-state index contributed by atoms with van der Waals surface area (Å²) in [5.74, 6) is -0.0543. The lowest BCUT2D eigenvalue weighted by atomic mass is 9.75. The zero-order valence-electron chi connectivity index (χ0n) is 11.1. The Balaban J connectivity index is 2.16. The molecule has 1 aliphatic rings. The number of hydrogen-bond acceptors (Lipinski definition) is 5. The Kier molecular flexibility index (Phi) is 3.38. The normalized spacial score (nSPS) is 17.6. The quantitative estimate of drug-likeness (QED) is 0.871. The zero-order chi connectivity index (χ0) is 13.3. The molecule has 0 spiro atoms. The van der Waals surface area contributed by atoms with Crippen LogP contribution in [0.3, 0.4) is 0 Å². The third kappa shape index (κ3) is 2.25. The Morgan fingerprint density at radius 3 is 2.56 bits per heavy atom. The lowest BCUT2D eigenvalue weighted by Crippen LogP contribution is -2.57. The number of nitrogens with two attached hydrogens (primary N) is 1. The van der Waals surface area contributed by atoms with E-state index in [4.69, 9.17) is 5.73 Å². The van der Waals surface area contributed by atoms with Gasteiger partial charge in [0.1, 0.15) is 0 Å². The van der Waals surface area contributed by atoms with Crippen molar-refractivity contribution in [1.82, 2.24) is 14.9 Å². The van der Waals surface area contributed by atoms with Crippen LogP contribution in [0.4, 0.5) is 16.2 Å². The lowest BCUT2D eigenvalue weighted by Gasteiger charge is -2.49. The fraction of sp³-hybridized carbons (Fsp3) is 0.667. The minimum absolute atomic E-state index is 0.103. The molecule has 1 saturated carbocycles. The topological polar surface area (TPSA) is 58.3 Å². The van der Waals surface area contributed by atoms with Gasteiger partial charge in [0.2, 0.25) is 5.95 Å². The number of rotatable bonds is 4. The van der Waals surface area contributed by atoms with E-state index in [-0.39, 0.29) is 17.3 Å². The van der Waals surface area contributed by atoms with Crippen LogP contribution < -0.4 is 10.6 Å². The first-order valence-electron chi connectivity index (χ1n) is 6.11. The fourth-order valence-electron chi connectivity index (χ4n) is 2.49. The van der Waals surface area contributed by atoms with E-state index in [1.807, 2.05) is 11.9 Å². The van der Waals surface area contributed by atoms with Gasteiger partial charge >= 0.3 is 0 Å². The molecule has 0 amide bonds. The first-order valence-corrected chi connectivity index (χ1v) is 6.11. The molecule has 1 heterocycles. The maximum Gasteiger partial charge on any atom is 0.222 e. The van der Waals surface area contributed by atoms with E-state index in [0.29, 0.717) is 0 Å². The first kappa shape index (κ1) is 13.0. The molecule has 18 heavy (non-hydrogen) atoms. The highest BCUT2D eigenvalue weighted by Gasteiger charge is 2.40. The number of nitrogen functional groups attached to an aromatic ring is 1. The Morgan fingerprint density at radius 2 is 2.06 bits per heavy atom. The lowest BCUT2D eigenvalue weighted by molar-refractivity contribution is 0.0680. The van der Waals surface area contributed by atoms with Gasteiger partial charge in [-0.25, -0.2) is 9.37 Å². The van der Waals surface area contributed by atoms with Gasteiger partial charge < -0.3 is 15.5 Å². The van der Waals surface area contributed by atoms with Crippen LogP contribution in [-0.4, -0.2) is 48.1 Å². The summed E-state index contributed by atoms with van der Waals surface area (Å²) in [5.41, 5.74) is 5.64. The number of likely N-dealkylation sites (N-methyl/N-ethyl adjacent to an activating group) is 2. The predicted molar refractivity (Wildman–Crippen MR) is 69.9 cm³/mol. The smallest absolute Gasteiger partial charge is 0.222 e. The van der Waals surface area contributed by atoms with Gasteiger partial charge in [-0.2, -0.15) is 4.98 Å². The maximum absolute atomic E-state index is 13.7. The van der Waals surface area contributed by atoms with Gasteiger partial charge in [0.05, 0.1) is 6.20 Å². The van der Waals surface area contributed by atoms with Gasteiger partial charge in [-0.1, -0.05) is 0 Å². The second-order valence-corrected chi connectivity index (χ2v) is 5.23. The molecule has 1 aromatic rings. The molecular formula is C12H20FN5. The molecule has 0 aliphatic heterocycles. The van der Waals surface area contributed by atoms with Gasteiger partial charge in [-0.05, 0) is 33.4 Å². The molecular weight excluding hydrogens is 233 g/mol. The molecule has 0 atom stereocenters. The number of aromatic nitrogens is 2. The van der Waals surface area contributed by atoms with Crippen molar-refractivity contribution in [2.75, 3.05) is 38.3 Å². The Bertz CT molecular complexity index is 430. The fourth-order valence-corrected chi connectivity index (χ4v) is 2.49. The molecule has 100 valence electrons. The van der Waals surface area contributed by atoms with Gasteiger partial charge in [-0.15, -0.1) is 0 Å². The van der Waals surface area contributed by atoms with E-state index in [9.17, 15) is 4.39 Å². The number of nitrogens with zero attached hydrogens (tertiary/aromatic N) is 4. The summed E-state index contributed by atoms with van der Waals surface area (Å²) < 4.78 is 13.7. The molecule has 5 nitrogen and oxygen atoms in total. The van der Waals surface area contributed by atoms with Crippen molar-refractivity contribution < 1.29 is 4.39 Å². The second-order valence-electron chi connectivity index (χ2n) is 5.23. The summed E-state index contributed by atoms with van der Waals surface area (Å²) in [6, 6.07) is 0. The van der Waals surface area contributed by atoms with E-state index < -0.39 is 5.82 Å². The summed E-state index contributed by atoms with van der Waals surface area (Å²) >= 11 is 0. The number of halogens is 1. The van der Waals surface area contributed by atoms with Gasteiger partial charge in [0.15, 0.2) is 11.6 Å². The molecule has 6 heteroatoms. The average Bonchev–Trinajstić information content (AvgIpc) is 2.26. The summed E-state index contributed by atoms with van der Waals surface area (Å²) in [6.45, 7) is 0.743. The minimum atomic E-state index is -0.431. The predicted octanol–water partition coefficient (Wildman–Crippen LogP) is 1.12. The third-order valence-electron chi connectivity index (χ3n) is 3.87. The summed E-state index contributed by atoms with van der Waals surface area (Å²) in [7, 11) is 5.98. The van der Waals surface area contributed by atoms with Crippen LogP contribution in [0.2, 0.25) is 0 Å². The Morgan fingerprint density at radius 1 is 1.39 bits per heavy atom. The van der Waals surface area contributed by atoms with Crippen LogP contribution >= 0.6 is 0 Å². The van der Waals surface area contributed by atoms with Crippen LogP contribution in [0.5, 0.6) is 0 Å². The first-order chi connectivity index (χ1) is 8.44. The van der Waals surface area contributed by atoms with E-state index in [1.165, 1.54) is 6.42 Å². The minimum Gasteiger partial charge on any atom is -0.368 e. The molecule has 0 radical (unpaired) electrons. The monoisotopic (exact) mass is 253 g/mol. The highest BCUT2D eigenvalue weighted by atomic mass is 19.1.